The van der Waals surface area contributed by atoms with Crippen LogP contribution in [0.2, 0.25) is 0 Å². The van der Waals surface area contributed by atoms with Crippen molar-refractivity contribution in [3.8, 4) is 0 Å². The Morgan fingerprint density at radius 3 is 2.14 bits per heavy atom. The van der Waals surface area contributed by atoms with E-state index in [-0.39, 0.29) is 23.0 Å². The van der Waals surface area contributed by atoms with Crippen molar-refractivity contribution >= 4 is 38.7 Å². The van der Waals surface area contributed by atoms with Gasteiger partial charge in [0.15, 0.2) is 0 Å². The number of hydrogen-bond acceptors (Lipinski definition) is 6. The van der Waals surface area contributed by atoms with Gasteiger partial charge in [-0.05, 0) is 56.9 Å². The van der Waals surface area contributed by atoms with Crippen LogP contribution >= 0.6 is 0 Å². The van der Waals surface area contributed by atoms with Crippen LogP contribution in [0.15, 0.2) is 51.0 Å². The number of fused-ring (bicyclic) bond motifs is 3. The fourth-order valence-electron chi connectivity index (χ4n) is 6.42. The molecule has 2 aromatic carbocycles. The summed E-state index contributed by atoms with van der Waals surface area (Å²) in [6.07, 6.45) is 6.78. The monoisotopic (exact) mass is 569 g/mol. The zero-order valence-corrected chi connectivity index (χ0v) is 25.0. The van der Waals surface area contributed by atoms with E-state index in [0.717, 1.165) is 59.0 Å². The molecule has 0 unspecified atom stereocenters. The molecule has 10 nitrogen and oxygen atoms in total. The van der Waals surface area contributed by atoms with Crippen LogP contribution in [0.1, 0.15) is 64.0 Å². The summed E-state index contributed by atoms with van der Waals surface area (Å²) >= 11 is 0. The van der Waals surface area contributed by atoms with Crippen LogP contribution in [0.25, 0.3) is 32.8 Å². The van der Waals surface area contributed by atoms with Gasteiger partial charge in [-0.1, -0.05) is 38.3 Å². The fourth-order valence-corrected chi connectivity index (χ4v) is 6.42. The van der Waals surface area contributed by atoms with Gasteiger partial charge in [0.25, 0.3) is 5.56 Å². The predicted octanol–water partition coefficient (Wildman–Crippen LogP) is 4.51. The quantitative estimate of drug-likeness (QED) is 0.273. The van der Waals surface area contributed by atoms with Gasteiger partial charge in [0.2, 0.25) is 0 Å². The van der Waals surface area contributed by atoms with Crippen molar-refractivity contribution in [2.24, 2.45) is 7.05 Å². The largest absolute Gasteiger partial charge is 0.356 e. The summed E-state index contributed by atoms with van der Waals surface area (Å²) in [4.78, 5) is 51.7. The average molecular weight is 570 g/mol. The van der Waals surface area contributed by atoms with Crippen molar-refractivity contribution in [3.05, 3.63) is 73.5 Å². The second kappa shape index (κ2) is 11.2. The maximum absolute atomic E-state index is 13.5. The fraction of sp³-hybridized carbons (Fsp3) is 0.469. The lowest BCUT2D eigenvalue weighted by molar-refractivity contribution is 0.371. The third kappa shape index (κ3) is 4.62. The second-order valence-electron chi connectivity index (χ2n) is 11.6. The van der Waals surface area contributed by atoms with Crippen molar-refractivity contribution in [1.29, 1.82) is 0 Å². The Hall–Kier alpha value is -4.21. The Morgan fingerprint density at radius 2 is 1.48 bits per heavy atom. The first-order valence-corrected chi connectivity index (χ1v) is 15.2. The number of nitrogens with zero attached hydrogens (tertiary/aromatic N) is 7. The van der Waals surface area contributed by atoms with Crippen LogP contribution in [-0.2, 0) is 20.1 Å². The van der Waals surface area contributed by atoms with E-state index in [1.807, 2.05) is 40.3 Å². The normalized spacial score (nSPS) is 14.5. The number of anilines is 1. The van der Waals surface area contributed by atoms with Gasteiger partial charge in [0, 0.05) is 44.7 Å². The van der Waals surface area contributed by atoms with E-state index in [0.29, 0.717) is 49.9 Å². The van der Waals surface area contributed by atoms with Gasteiger partial charge in [-0.2, -0.15) is 0 Å². The first kappa shape index (κ1) is 27.9. The van der Waals surface area contributed by atoms with E-state index in [4.69, 9.17) is 4.98 Å². The number of imidazole rings is 1. The summed E-state index contributed by atoms with van der Waals surface area (Å²) < 4.78 is 6.83. The molecule has 1 saturated heterocycles. The third-order valence-electron chi connectivity index (χ3n) is 8.81. The third-order valence-corrected chi connectivity index (χ3v) is 8.81. The first-order valence-electron chi connectivity index (χ1n) is 15.2. The molecule has 0 atom stereocenters. The Labute approximate surface area is 243 Å². The number of aryl methyl sites for hydroxylation is 4. The summed E-state index contributed by atoms with van der Waals surface area (Å²) in [6, 6.07) is 9.56. The molecular formula is C32H39N7O3. The smallest absolute Gasteiger partial charge is 0.331 e. The molecule has 3 aromatic heterocycles. The number of benzene rings is 2. The Kier molecular flexibility index (Phi) is 7.47. The highest BCUT2D eigenvalue weighted by molar-refractivity contribution is 5.99. The van der Waals surface area contributed by atoms with Gasteiger partial charge in [-0.15, -0.1) is 0 Å². The number of rotatable bonds is 8. The molecule has 0 amide bonds. The Bertz CT molecular complexity index is 1970. The van der Waals surface area contributed by atoms with Crippen molar-refractivity contribution in [2.45, 2.75) is 78.4 Å². The molecule has 1 aliphatic rings. The van der Waals surface area contributed by atoms with Crippen LogP contribution in [0.3, 0.4) is 0 Å². The molecular weight excluding hydrogens is 530 g/mol. The molecule has 0 spiro atoms. The van der Waals surface area contributed by atoms with E-state index in [1.165, 1.54) is 4.57 Å². The van der Waals surface area contributed by atoms with Gasteiger partial charge in [0.1, 0.15) is 12.1 Å². The summed E-state index contributed by atoms with van der Waals surface area (Å²) in [5.74, 6) is 0.825. The van der Waals surface area contributed by atoms with Gasteiger partial charge >= 0.3 is 11.4 Å². The molecule has 10 heteroatoms. The van der Waals surface area contributed by atoms with E-state index in [9.17, 15) is 14.4 Å². The van der Waals surface area contributed by atoms with Crippen LogP contribution < -0.4 is 21.8 Å². The van der Waals surface area contributed by atoms with E-state index >= 15 is 0 Å². The predicted molar refractivity (Wildman–Crippen MR) is 168 cm³/mol. The highest BCUT2D eigenvalue weighted by Gasteiger charge is 2.27. The summed E-state index contributed by atoms with van der Waals surface area (Å²) in [7, 11) is 1.73. The average Bonchev–Trinajstić information content (AvgIpc) is 3.25. The number of piperidine rings is 1. The molecule has 4 heterocycles. The van der Waals surface area contributed by atoms with Gasteiger partial charge in [-0.3, -0.25) is 23.1 Å². The van der Waals surface area contributed by atoms with Gasteiger partial charge < -0.3 is 4.90 Å². The molecule has 0 radical (unpaired) electrons. The highest BCUT2D eigenvalue weighted by atomic mass is 16.2. The SMILES string of the molecule is CCCCn1c(=O)n(CCCC)c2cc3c(N4CCC(n5c(=O)c6cc(C)ccc6n(C)c5=O)CC4)ncnc3cc21. The molecule has 220 valence electrons. The highest BCUT2D eigenvalue weighted by Crippen LogP contribution is 2.31. The molecule has 1 fully saturated rings. The zero-order valence-electron chi connectivity index (χ0n) is 25.0. The second-order valence-corrected chi connectivity index (χ2v) is 11.6. The first-order chi connectivity index (χ1) is 20.3. The lowest BCUT2D eigenvalue weighted by atomic mass is 10.0. The van der Waals surface area contributed by atoms with Crippen molar-refractivity contribution in [2.75, 3.05) is 18.0 Å². The van der Waals surface area contributed by atoms with Crippen molar-refractivity contribution < 1.29 is 0 Å². The lowest BCUT2D eigenvalue weighted by Crippen LogP contribution is -2.45. The molecule has 0 N–H and O–H groups in total. The van der Waals surface area contributed by atoms with Gasteiger partial charge in [0.05, 0.1) is 27.5 Å². The standard InChI is InChI=1S/C32H39N7O3/c1-5-7-13-37-27-18-23-25(19-28(27)38(32(37)42)14-8-6-2)33-20-34-29(23)36-15-11-22(12-16-36)39-30(40)24-17-21(3)9-10-26(24)35(4)31(39)41/h9-10,17-20,22H,5-8,11-16H2,1-4H3. The minimum Gasteiger partial charge on any atom is -0.356 e. The zero-order chi connectivity index (χ0) is 29.5. The summed E-state index contributed by atoms with van der Waals surface area (Å²) in [6.45, 7) is 8.89. The maximum Gasteiger partial charge on any atom is 0.331 e. The lowest BCUT2D eigenvalue weighted by Gasteiger charge is -2.34. The molecule has 0 bridgehead atoms. The molecule has 0 saturated carbocycles. The van der Waals surface area contributed by atoms with E-state index in [1.54, 1.807) is 17.9 Å². The molecule has 5 aromatic rings. The number of unbranched alkanes of at least 4 members (excludes halogenated alkanes) is 2. The summed E-state index contributed by atoms with van der Waals surface area (Å²) in [5.41, 5.74) is 3.84. The molecule has 6 rings (SSSR count). The van der Waals surface area contributed by atoms with E-state index < -0.39 is 0 Å². The minimum absolute atomic E-state index is 0.0372. The maximum atomic E-state index is 13.5. The van der Waals surface area contributed by atoms with Crippen LogP contribution in [0, 0.1) is 6.92 Å². The van der Waals surface area contributed by atoms with Crippen molar-refractivity contribution in [1.82, 2.24) is 28.2 Å². The molecule has 1 aliphatic heterocycles. The topological polar surface area (TPSA) is 100.0 Å². The number of hydrogen-bond donors (Lipinski definition) is 0. The molecule has 0 aliphatic carbocycles. The van der Waals surface area contributed by atoms with Gasteiger partial charge in [-0.25, -0.2) is 19.6 Å². The van der Waals surface area contributed by atoms with E-state index in [2.05, 4.69) is 29.8 Å². The van der Waals surface area contributed by atoms with Crippen LogP contribution in [0.4, 0.5) is 5.82 Å². The van der Waals surface area contributed by atoms with Crippen molar-refractivity contribution in [3.63, 3.8) is 0 Å². The summed E-state index contributed by atoms with van der Waals surface area (Å²) in [5, 5.41) is 1.49. The Morgan fingerprint density at radius 1 is 0.810 bits per heavy atom. The van der Waals surface area contributed by atoms with Crippen LogP contribution in [0.5, 0.6) is 0 Å². The van der Waals surface area contributed by atoms with Crippen LogP contribution in [-0.4, -0.2) is 41.3 Å². The minimum atomic E-state index is -0.276. The Balaban J connectivity index is 1.36. The number of aromatic nitrogens is 6. The molecule has 42 heavy (non-hydrogen) atoms.